The van der Waals surface area contributed by atoms with Crippen molar-refractivity contribution in [3.8, 4) is 0 Å². The second kappa shape index (κ2) is 6.68. The summed E-state index contributed by atoms with van der Waals surface area (Å²) in [5, 5.41) is 8.36. The molecule has 0 aromatic carbocycles. The maximum Gasteiger partial charge on any atom is 0.269 e. The molecule has 1 aliphatic heterocycles. The van der Waals surface area contributed by atoms with E-state index >= 15 is 0 Å². The van der Waals surface area contributed by atoms with Crippen LogP contribution in [0.2, 0.25) is 0 Å². The van der Waals surface area contributed by atoms with Crippen molar-refractivity contribution in [2.24, 2.45) is 7.05 Å². The highest BCUT2D eigenvalue weighted by Crippen LogP contribution is 2.35. The predicted molar refractivity (Wildman–Crippen MR) is 103 cm³/mol. The number of rotatable bonds is 3. The van der Waals surface area contributed by atoms with E-state index in [0.717, 1.165) is 36.6 Å². The fourth-order valence-corrected chi connectivity index (χ4v) is 4.49. The largest absolute Gasteiger partial charge is 0.356 e. The summed E-state index contributed by atoms with van der Waals surface area (Å²) in [6, 6.07) is 1.92. The Bertz CT molecular complexity index is 954. The minimum Gasteiger partial charge on any atom is -0.356 e. The number of hydrogen-bond acceptors (Lipinski definition) is 6. The van der Waals surface area contributed by atoms with E-state index in [2.05, 4.69) is 39.1 Å². The lowest BCUT2D eigenvalue weighted by Crippen LogP contribution is -2.45. The SMILES string of the molecule is Cc1sc2ncnc(N3CCC(NC(=O)c4ccnn4C)CC3)c2c1C. The number of carbonyl (C=O) groups excluding carboxylic acids is 1. The molecule has 7 nitrogen and oxygen atoms in total. The zero-order chi connectivity index (χ0) is 18.3. The Hall–Kier alpha value is -2.48. The van der Waals surface area contributed by atoms with Crippen molar-refractivity contribution in [3.63, 3.8) is 0 Å². The molecule has 26 heavy (non-hydrogen) atoms. The second-order valence-corrected chi connectivity index (χ2v) is 7.94. The zero-order valence-corrected chi connectivity index (χ0v) is 16.0. The highest BCUT2D eigenvalue weighted by molar-refractivity contribution is 7.18. The van der Waals surface area contributed by atoms with E-state index in [1.165, 1.54) is 15.8 Å². The van der Waals surface area contributed by atoms with Crippen molar-refractivity contribution in [1.29, 1.82) is 0 Å². The minimum absolute atomic E-state index is 0.0582. The predicted octanol–water partition coefficient (Wildman–Crippen LogP) is 2.44. The zero-order valence-electron chi connectivity index (χ0n) is 15.2. The van der Waals surface area contributed by atoms with E-state index in [9.17, 15) is 4.79 Å². The molecule has 1 amide bonds. The third-order valence-corrected chi connectivity index (χ3v) is 6.24. The Morgan fingerprint density at radius 3 is 2.73 bits per heavy atom. The van der Waals surface area contributed by atoms with Crippen molar-refractivity contribution in [2.45, 2.75) is 32.7 Å². The summed E-state index contributed by atoms with van der Waals surface area (Å²) in [5.41, 5.74) is 1.86. The molecule has 4 rings (SSSR count). The van der Waals surface area contributed by atoms with Gasteiger partial charge in [0.2, 0.25) is 0 Å². The van der Waals surface area contributed by atoms with Gasteiger partial charge in [-0.05, 0) is 38.3 Å². The number of nitrogens with one attached hydrogen (secondary N) is 1. The number of anilines is 1. The van der Waals surface area contributed by atoms with Gasteiger partial charge < -0.3 is 10.2 Å². The third-order valence-electron chi connectivity index (χ3n) is 5.13. The van der Waals surface area contributed by atoms with E-state index in [1.54, 1.807) is 41.7 Å². The fourth-order valence-electron chi connectivity index (χ4n) is 3.50. The smallest absolute Gasteiger partial charge is 0.269 e. The number of nitrogens with zero attached hydrogens (tertiary/aromatic N) is 5. The van der Waals surface area contributed by atoms with Gasteiger partial charge in [0.1, 0.15) is 22.7 Å². The van der Waals surface area contributed by atoms with Gasteiger partial charge >= 0.3 is 0 Å². The average Bonchev–Trinajstić information content (AvgIpc) is 3.19. The van der Waals surface area contributed by atoms with Gasteiger partial charge in [0, 0.05) is 37.3 Å². The van der Waals surface area contributed by atoms with Gasteiger partial charge in [0.15, 0.2) is 0 Å². The number of fused-ring (bicyclic) bond motifs is 1. The molecule has 1 N–H and O–H groups in total. The topological polar surface area (TPSA) is 75.9 Å². The lowest BCUT2D eigenvalue weighted by molar-refractivity contribution is 0.0921. The minimum atomic E-state index is -0.0582. The number of hydrogen-bond donors (Lipinski definition) is 1. The van der Waals surface area contributed by atoms with E-state index in [1.807, 2.05) is 0 Å². The Labute approximate surface area is 156 Å². The van der Waals surface area contributed by atoms with E-state index in [-0.39, 0.29) is 11.9 Å². The fraction of sp³-hybridized carbons (Fsp3) is 0.444. The van der Waals surface area contributed by atoms with Crippen molar-refractivity contribution >= 4 is 33.3 Å². The monoisotopic (exact) mass is 370 g/mol. The first kappa shape index (κ1) is 17.0. The first-order chi connectivity index (χ1) is 12.5. The van der Waals surface area contributed by atoms with Crippen LogP contribution < -0.4 is 10.2 Å². The second-order valence-electron chi connectivity index (χ2n) is 6.74. The van der Waals surface area contributed by atoms with Crippen molar-refractivity contribution < 1.29 is 4.79 Å². The molecule has 0 bridgehead atoms. The van der Waals surface area contributed by atoms with Gasteiger partial charge in [-0.1, -0.05) is 0 Å². The van der Waals surface area contributed by atoms with Gasteiger partial charge in [-0.25, -0.2) is 9.97 Å². The maximum atomic E-state index is 12.4. The number of piperidine rings is 1. The number of thiophene rings is 1. The first-order valence-corrected chi connectivity index (χ1v) is 9.60. The molecule has 4 heterocycles. The van der Waals surface area contributed by atoms with Crippen molar-refractivity contribution in [2.75, 3.05) is 18.0 Å². The van der Waals surface area contributed by atoms with Crippen LogP contribution in [0.3, 0.4) is 0 Å². The van der Waals surface area contributed by atoms with Crippen LogP contribution in [0.4, 0.5) is 5.82 Å². The standard InChI is InChI=1S/C18H22N6OS/c1-11-12(2)26-18-15(11)16(19-10-20-18)24-8-5-13(6-9-24)22-17(25)14-4-7-21-23(14)3/h4,7,10,13H,5-6,8-9H2,1-3H3,(H,22,25). The number of carbonyl (C=O) groups is 1. The lowest BCUT2D eigenvalue weighted by Gasteiger charge is -2.33. The molecule has 8 heteroatoms. The molecule has 0 radical (unpaired) electrons. The summed E-state index contributed by atoms with van der Waals surface area (Å²) >= 11 is 1.72. The van der Waals surface area contributed by atoms with Crippen molar-refractivity contribution in [1.82, 2.24) is 25.1 Å². The van der Waals surface area contributed by atoms with Gasteiger partial charge in [-0.2, -0.15) is 5.10 Å². The Kier molecular flexibility index (Phi) is 4.36. The summed E-state index contributed by atoms with van der Waals surface area (Å²) < 4.78 is 1.60. The highest BCUT2D eigenvalue weighted by atomic mass is 32.1. The number of amides is 1. The van der Waals surface area contributed by atoms with Crippen LogP contribution >= 0.6 is 11.3 Å². The van der Waals surface area contributed by atoms with Crippen molar-refractivity contribution in [3.05, 3.63) is 34.7 Å². The van der Waals surface area contributed by atoms with Gasteiger partial charge in [0.05, 0.1) is 5.39 Å². The molecule has 3 aromatic heterocycles. The normalized spacial score (nSPS) is 15.6. The van der Waals surface area contributed by atoms with Crippen LogP contribution in [0.1, 0.15) is 33.8 Å². The summed E-state index contributed by atoms with van der Waals surface area (Å²) in [6.45, 7) is 6.02. The molecular weight excluding hydrogens is 348 g/mol. The van der Waals surface area contributed by atoms with Crippen LogP contribution in [-0.2, 0) is 7.05 Å². The average molecular weight is 370 g/mol. The Morgan fingerprint density at radius 1 is 1.27 bits per heavy atom. The molecule has 0 unspecified atom stereocenters. The molecule has 1 saturated heterocycles. The van der Waals surface area contributed by atoms with Crippen LogP contribution in [0.15, 0.2) is 18.6 Å². The Morgan fingerprint density at radius 2 is 2.04 bits per heavy atom. The summed E-state index contributed by atoms with van der Waals surface area (Å²) in [7, 11) is 1.78. The molecule has 0 saturated carbocycles. The highest BCUT2D eigenvalue weighted by Gasteiger charge is 2.25. The van der Waals surface area contributed by atoms with Crippen LogP contribution in [-0.4, -0.2) is 44.8 Å². The van der Waals surface area contributed by atoms with Crippen LogP contribution in [0.5, 0.6) is 0 Å². The van der Waals surface area contributed by atoms with Crippen LogP contribution in [0.25, 0.3) is 10.2 Å². The molecule has 0 atom stereocenters. The first-order valence-electron chi connectivity index (χ1n) is 8.79. The molecular formula is C18H22N6OS. The molecule has 1 aliphatic rings. The summed E-state index contributed by atoms with van der Waals surface area (Å²) in [4.78, 5) is 26.0. The van der Waals surface area contributed by atoms with Gasteiger partial charge in [-0.15, -0.1) is 11.3 Å². The van der Waals surface area contributed by atoms with E-state index < -0.39 is 0 Å². The maximum absolute atomic E-state index is 12.4. The van der Waals surface area contributed by atoms with E-state index in [0.29, 0.717) is 5.69 Å². The number of aryl methyl sites for hydroxylation is 3. The molecule has 1 fully saturated rings. The Balaban J connectivity index is 1.46. The number of aromatic nitrogens is 4. The quantitative estimate of drug-likeness (QED) is 0.766. The molecule has 0 spiro atoms. The van der Waals surface area contributed by atoms with Gasteiger partial charge in [-0.3, -0.25) is 9.48 Å². The molecule has 3 aromatic rings. The third kappa shape index (κ3) is 2.94. The van der Waals surface area contributed by atoms with E-state index in [4.69, 9.17) is 0 Å². The lowest BCUT2D eigenvalue weighted by atomic mass is 10.0. The van der Waals surface area contributed by atoms with Gasteiger partial charge in [0.25, 0.3) is 5.91 Å². The molecule has 136 valence electrons. The summed E-state index contributed by atoms with van der Waals surface area (Å²) in [6.07, 6.45) is 5.10. The van der Waals surface area contributed by atoms with Crippen LogP contribution in [0, 0.1) is 13.8 Å². The summed E-state index contributed by atoms with van der Waals surface area (Å²) in [5.74, 6) is 0.963. The molecule has 0 aliphatic carbocycles.